The number of aryl methyl sites for hydroxylation is 1. The van der Waals surface area contributed by atoms with Crippen LogP contribution in [0.25, 0.3) is 0 Å². The molecular formula is C10H13NO. The zero-order valence-corrected chi connectivity index (χ0v) is 6.90. The summed E-state index contributed by atoms with van der Waals surface area (Å²) in [6.45, 7) is 0. The van der Waals surface area contributed by atoms with Crippen molar-refractivity contribution in [2.45, 2.75) is 18.9 Å². The second-order valence-electron chi connectivity index (χ2n) is 2.76. The first-order valence-electron chi connectivity index (χ1n) is 4.05. The summed E-state index contributed by atoms with van der Waals surface area (Å²) in [5, 5.41) is 15.9. The molecule has 2 heteroatoms. The quantitative estimate of drug-likeness (QED) is 0.651. The molecule has 0 heterocycles. The van der Waals surface area contributed by atoms with Gasteiger partial charge in [0.15, 0.2) is 0 Å². The summed E-state index contributed by atoms with van der Waals surface area (Å²) >= 11 is 0. The molecule has 0 saturated carbocycles. The molecule has 0 fully saturated rings. The van der Waals surface area contributed by atoms with E-state index >= 15 is 0 Å². The van der Waals surface area contributed by atoms with Crippen LogP contribution in [-0.4, -0.2) is 17.4 Å². The van der Waals surface area contributed by atoms with E-state index < -0.39 is 6.10 Å². The van der Waals surface area contributed by atoms with Crippen molar-refractivity contribution in [1.29, 1.82) is 5.41 Å². The van der Waals surface area contributed by atoms with Crippen LogP contribution in [0.4, 0.5) is 0 Å². The lowest BCUT2D eigenvalue weighted by Crippen LogP contribution is -2.08. The van der Waals surface area contributed by atoms with Crippen LogP contribution < -0.4 is 0 Å². The van der Waals surface area contributed by atoms with Gasteiger partial charge in [-0.2, -0.15) is 0 Å². The number of benzene rings is 1. The Labute approximate surface area is 72.4 Å². The molecule has 0 bridgehead atoms. The summed E-state index contributed by atoms with van der Waals surface area (Å²) in [7, 11) is 0. The average Bonchev–Trinajstić information content (AvgIpc) is 2.16. The summed E-state index contributed by atoms with van der Waals surface area (Å²) in [5.74, 6) is 0. The highest BCUT2D eigenvalue weighted by atomic mass is 16.3. The molecule has 12 heavy (non-hydrogen) atoms. The summed E-state index contributed by atoms with van der Waals surface area (Å²) < 4.78 is 0. The van der Waals surface area contributed by atoms with Gasteiger partial charge in [0.2, 0.25) is 0 Å². The van der Waals surface area contributed by atoms with E-state index in [1.807, 2.05) is 30.3 Å². The van der Waals surface area contributed by atoms with E-state index in [-0.39, 0.29) is 0 Å². The Kier molecular flexibility index (Phi) is 3.48. The van der Waals surface area contributed by atoms with Gasteiger partial charge in [-0.15, -0.1) is 0 Å². The van der Waals surface area contributed by atoms with Crippen LogP contribution in [0, 0.1) is 5.41 Å². The van der Waals surface area contributed by atoms with Crippen molar-refractivity contribution >= 4 is 6.21 Å². The molecule has 2 nitrogen and oxygen atoms in total. The highest BCUT2D eigenvalue weighted by Gasteiger charge is 1.98. The molecule has 2 N–H and O–H groups in total. The molecule has 0 saturated heterocycles. The molecule has 0 aliphatic carbocycles. The van der Waals surface area contributed by atoms with E-state index in [1.54, 1.807) is 0 Å². The maximum atomic E-state index is 9.08. The molecule has 0 aliphatic heterocycles. The van der Waals surface area contributed by atoms with Gasteiger partial charge in [-0.05, 0) is 18.4 Å². The minimum absolute atomic E-state index is 0.592. The maximum absolute atomic E-state index is 9.08. The van der Waals surface area contributed by atoms with Crippen LogP contribution in [0.3, 0.4) is 0 Å². The first kappa shape index (κ1) is 8.94. The van der Waals surface area contributed by atoms with Crippen molar-refractivity contribution < 1.29 is 5.11 Å². The van der Waals surface area contributed by atoms with Crippen molar-refractivity contribution in [3.05, 3.63) is 35.9 Å². The van der Waals surface area contributed by atoms with Gasteiger partial charge in [-0.3, -0.25) is 0 Å². The minimum atomic E-state index is -0.592. The first-order valence-corrected chi connectivity index (χ1v) is 4.05. The third kappa shape index (κ3) is 2.84. The van der Waals surface area contributed by atoms with Crippen LogP contribution in [0.2, 0.25) is 0 Å². The molecule has 0 aliphatic rings. The minimum Gasteiger partial charge on any atom is -0.387 e. The fraction of sp³-hybridized carbons (Fsp3) is 0.300. The molecule has 1 aromatic carbocycles. The van der Waals surface area contributed by atoms with E-state index in [9.17, 15) is 0 Å². The van der Waals surface area contributed by atoms with Gasteiger partial charge >= 0.3 is 0 Å². The van der Waals surface area contributed by atoms with Crippen molar-refractivity contribution in [3.8, 4) is 0 Å². The van der Waals surface area contributed by atoms with Crippen LogP contribution in [0.15, 0.2) is 30.3 Å². The Hall–Kier alpha value is -1.15. The van der Waals surface area contributed by atoms with E-state index in [1.165, 1.54) is 5.56 Å². The first-order chi connectivity index (χ1) is 5.83. The van der Waals surface area contributed by atoms with Gasteiger partial charge in [0.25, 0.3) is 0 Å². The van der Waals surface area contributed by atoms with Crippen molar-refractivity contribution in [1.82, 2.24) is 0 Å². The van der Waals surface area contributed by atoms with Crippen LogP contribution in [0.1, 0.15) is 12.0 Å². The second-order valence-corrected chi connectivity index (χ2v) is 2.76. The third-order valence-electron chi connectivity index (χ3n) is 1.76. The molecule has 0 radical (unpaired) electrons. The Balaban J connectivity index is 2.38. The number of nitrogens with one attached hydrogen (secondary N) is 1. The smallest absolute Gasteiger partial charge is 0.0887 e. The third-order valence-corrected chi connectivity index (χ3v) is 1.76. The lowest BCUT2D eigenvalue weighted by atomic mass is 10.1. The largest absolute Gasteiger partial charge is 0.387 e. The van der Waals surface area contributed by atoms with E-state index in [2.05, 4.69) is 0 Å². The van der Waals surface area contributed by atoms with E-state index in [0.717, 1.165) is 12.6 Å². The Morgan fingerprint density at radius 1 is 1.33 bits per heavy atom. The summed E-state index contributed by atoms with van der Waals surface area (Å²) in [4.78, 5) is 0. The molecule has 1 aromatic rings. The molecule has 0 amide bonds. The number of rotatable bonds is 4. The fourth-order valence-corrected chi connectivity index (χ4v) is 1.04. The summed E-state index contributed by atoms with van der Waals surface area (Å²) in [5.41, 5.74) is 1.21. The molecule has 0 spiro atoms. The molecule has 64 valence electrons. The van der Waals surface area contributed by atoms with Gasteiger partial charge in [0, 0.05) is 6.21 Å². The SMILES string of the molecule is N=C[C@H](O)CCc1ccccc1. The Morgan fingerprint density at radius 3 is 2.58 bits per heavy atom. The zero-order valence-electron chi connectivity index (χ0n) is 6.90. The summed E-state index contributed by atoms with van der Waals surface area (Å²) in [6.07, 6.45) is 1.94. The fourth-order valence-electron chi connectivity index (χ4n) is 1.04. The Morgan fingerprint density at radius 2 is 2.00 bits per heavy atom. The normalized spacial score (nSPS) is 12.4. The number of aliphatic hydroxyl groups excluding tert-OH is 1. The van der Waals surface area contributed by atoms with Crippen molar-refractivity contribution in [2.75, 3.05) is 0 Å². The predicted molar refractivity (Wildman–Crippen MR) is 49.6 cm³/mol. The zero-order chi connectivity index (χ0) is 8.81. The number of aliphatic hydroxyl groups is 1. The predicted octanol–water partition coefficient (Wildman–Crippen LogP) is 1.63. The van der Waals surface area contributed by atoms with Gasteiger partial charge in [0.1, 0.15) is 0 Å². The second kappa shape index (κ2) is 4.67. The van der Waals surface area contributed by atoms with Gasteiger partial charge < -0.3 is 10.5 Å². The average molecular weight is 163 g/mol. The van der Waals surface area contributed by atoms with E-state index in [0.29, 0.717) is 6.42 Å². The van der Waals surface area contributed by atoms with Gasteiger partial charge in [-0.1, -0.05) is 30.3 Å². The molecule has 1 rings (SSSR count). The van der Waals surface area contributed by atoms with Crippen LogP contribution in [0.5, 0.6) is 0 Å². The van der Waals surface area contributed by atoms with Crippen LogP contribution >= 0.6 is 0 Å². The van der Waals surface area contributed by atoms with Crippen molar-refractivity contribution in [2.24, 2.45) is 0 Å². The summed E-state index contributed by atoms with van der Waals surface area (Å²) in [6, 6.07) is 9.97. The highest BCUT2D eigenvalue weighted by Crippen LogP contribution is 2.03. The lowest BCUT2D eigenvalue weighted by molar-refractivity contribution is 0.235. The number of hydrogen-bond donors (Lipinski definition) is 2. The van der Waals surface area contributed by atoms with Crippen molar-refractivity contribution in [3.63, 3.8) is 0 Å². The maximum Gasteiger partial charge on any atom is 0.0887 e. The monoisotopic (exact) mass is 163 g/mol. The molecule has 0 unspecified atom stereocenters. The van der Waals surface area contributed by atoms with E-state index in [4.69, 9.17) is 10.5 Å². The Bertz CT molecular complexity index is 233. The topological polar surface area (TPSA) is 44.1 Å². The lowest BCUT2D eigenvalue weighted by Gasteiger charge is -2.03. The highest BCUT2D eigenvalue weighted by molar-refractivity contribution is 5.58. The van der Waals surface area contributed by atoms with Gasteiger partial charge in [-0.25, -0.2) is 0 Å². The van der Waals surface area contributed by atoms with Gasteiger partial charge in [0.05, 0.1) is 6.10 Å². The number of hydrogen-bond acceptors (Lipinski definition) is 2. The molecule has 0 aromatic heterocycles. The molecule has 1 atom stereocenters. The molecular weight excluding hydrogens is 150 g/mol. The standard InChI is InChI=1S/C10H13NO/c11-8-10(12)7-6-9-4-2-1-3-5-9/h1-5,8,10-12H,6-7H2/t10-/m1/s1. The van der Waals surface area contributed by atoms with Crippen LogP contribution in [-0.2, 0) is 6.42 Å².